The summed E-state index contributed by atoms with van der Waals surface area (Å²) in [5.74, 6) is 2.38. The van der Waals surface area contributed by atoms with Crippen molar-refractivity contribution in [2.75, 3.05) is 19.6 Å². The van der Waals surface area contributed by atoms with Gasteiger partial charge >= 0.3 is 0 Å². The molecule has 30 heavy (non-hydrogen) atoms. The van der Waals surface area contributed by atoms with E-state index in [0.717, 1.165) is 48.7 Å². The summed E-state index contributed by atoms with van der Waals surface area (Å²) in [6.45, 7) is 11.7. The minimum Gasteiger partial charge on any atom is -0.491 e. The van der Waals surface area contributed by atoms with Gasteiger partial charge in [-0.05, 0) is 65.2 Å². The van der Waals surface area contributed by atoms with Crippen LogP contribution in [0.15, 0.2) is 33.8 Å². The summed E-state index contributed by atoms with van der Waals surface area (Å²) >= 11 is 0. The van der Waals surface area contributed by atoms with E-state index < -0.39 is 6.10 Å². The summed E-state index contributed by atoms with van der Waals surface area (Å²) in [7, 11) is 0. The van der Waals surface area contributed by atoms with Crippen LogP contribution in [-0.4, -0.2) is 42.0 Å². The van der Waals surface area contributed by atoms with Gasteiger partial charge in [0.25, 0.3) is 0 Å². The highest BCUT2D eigenvalue weighted by Crippen LogP contribution is 2.19. The van der Waals surface area contributed by atoms with E-state index in [1.165, 1.54) is 5.56 Å². The van der Waals surface area contributed by atoms with Gasteiger partial charge in [-0.2, -0.15) is 0 Å². The zero-order valence-electron chi connectivity index (χ0n) is 18.6. The van der Waals surface area contributed by atoms with E-state index >= 15 is 0 Å². The summed E-state index contributed by atoms with van der Waals surface area (Å²) in [5, 5.41) is 21.0. The fourth-order valence-corrected chi connectivity index (χ4v) is 3.00. The molecule has 0 spiro atoms. The van der Waals surface area contributed by atoms with E-state index in [4.69, 9.17) is 9.26 Å². The molecule has 1 heterocycles. The summed E-state index contributed by atoms with van der Waals surface area (Å²) in [4.78, 5) is 4.51. The largest absolute Gasteiger partial charge is 0.491 e. The number of ether oxygens (including phenoxy) is 1. The Kier molecular flexibility index (Phi) is 11.8. The monoisotopic (exact) mass is 530 g/mol. The number of halogens is 1. The minimum atomic E-state index is -0.666. The zero-order chi connectivity index (χ0) is 21.2. The van der Waals surface area contributed by atoms with Crippen LogP contribution < -0.4 is 15.4 Å². The standard InChI is InChI=1S/C22H34N4O3.HI/c1-6-23-22(24-13-7-8-20-16(4)26-29-17(20)5)25-14-21(27)18-9-11-19(12-10-18)28-15(2)3;/h9-12,15,21,27H,6-8,13-14H2,1-5H3,(H2,23,24,25);1H. The number of rotatable bonds is 10. The van der Waals surface area contributed by atoms with Gasteiger partial charge in [-0.25, -0.2) is 0 Å². The van der Waals surface area contributed by atoms with E-state index in [1.807, 2.05) is 58.9 Å². The first-order chi connectivity index (χ1) is 13.9. The van der Waals surface area contributed by atoms with Crippen molar-refractivity contribution in [3.63, 3.8) is 0 Å². The number of aromatic nitrogens is 1. The van der Waals surface area contributed by atoms with E-state index in [2.05, 4.69) is 20.8 Å². The molecule has 0 radical (unpaired) electrons. The van der Waals surface area contributed by atoms with Crippen molar-refractivity contribution >= 4 is 29.9 Å². The van der Waals surface area contributed by atoms with Crippen LogP contribution in [0.3, 0.4) is 0 Å². The van der Waals surface area contributed by atoms with Gasteiger partial charge < -0.3 is 25.0 Å². The Balaban J connectivity index is 0.00000450. The first kappa shape index (κ1) is 26.2. The van der Waals surface area contributed by atoms with Crippen molar-refractivity contribution in [2.45, 2.75) is 59.7 Å². The molecular formula is C22H35IN4O3. The molecule has 0 amide bonds. The molecule has 0 aliphatic rings. The molecule has 0 aliphatic heterocycles. The highest BCUT2D eigenvalue weighted by atomic mass is 127. The molecule has 2 aromatic rings. The zero-order valence-corrected chi connectivity index (χ0v) is 20.9. The van der Waals surface area contributed by atoms with Gasteiger partial charge in [0, 0.05) is 18.7 Å². The number of guanidine groups is 1. The molecule has 0 fully saturated rings. The molecule has 0 aliphatic carbocycles. The summed E-state index contributed by atoms with van der Waals surface area (Å²) < 4.78 is 10.8. The van der Waals surface area contributed by atoms with Crippen molar-refractivity contribution < 1.29 is 14.4 Å². The van der Waals surface area contributed by atoms with Crippen LogP contribution in [0.5, 0.6) is 5.75 Å². The molecule has 1 atom stereocenters. The Morgan fingerprint density at radius 1 is 1.20 bits per heavy atom. The van der Waals surface area contributed by atoms with Crippen LogP contribution in [0.25, 0.3) is 0 Å². The van der Waals surface area contributed by atoms with E-state index in [0.29, 0.717) is 5.96 Å². The maximum Gasteiger partial charge on any atom is 0.191 e. The second kappa shape index (κ2) is 13.5. The fraction of sp³-hybridized carbons (Fsp3) is 0.545. The summed E-state index contributed by atoms with van der Waals surface area (Å²) in [5.41, 5.74) is 2.95. The van der Waals surface area contributed by atoms with Crippen molar-refractivity contribution in [2.24, 2.45) is 4.99 Å². The normalized spacial score (nSPS) is 12.4. The first-order valence-corrected chi connectivity index (χ1v) is 10.3. The summed E-state index contributed by atoms with van der Waals surface area (Å²) in [6.07, 6.45) is 1.30. The van der Waals surface area contributed by atoms with Crippen LogP contribution in [0, 0.1) is 13.8 Å². The molecule has 1 aromatic carbocycles. The Hall–Kier alpha value is -1.81. The van der Waals surface area contributed by atoms with Gasteiger partial charge in [-0.1, -0.05) is 17.3 Å². The smallest absolute Gasteiger partial charge is 0.191 e. The Labute approximate surface area is 196 Å². The molecule has 8 heteroatoms. The van der Waals surface area contributed by atoms with Crippen molar-refractivity contribution in [3.05, 3.63) is 46.8 Å². The Bertz CT molecular complexity index is 756. The lowest BCUT2D eigenvalue weighted by atomic mass is 10.1. The Morgan fingerprint density at radius 2 is 1.90 bits per heavy atom. The maximum absolute atomic E-state index is 10.4. The molecule has 0 bridgehead atoms. The highest BCUT2D eigenvalue weighted by molar-refractivity contribution is 14.0. The fourth-order valence-electron chi connectivity index (χ4n) is 3.00. The lowest BCUT2D eigenvalue weighted by molar-refractivity contribution is 0.186. The van der Waals surface area contributed by atoms with Crippen LogP contribution in [0.4, 0.5) is 0 Å². The molecule has 0 saturated heterocycles. The van der Waals surface area contributed by atoms with Crippen LogP contribution >= 0.6 is 24.0 Å². The van der Waals surface area contributed by atoms with Gasteiger partial charge in [0.1, 0.15) is 11.5 Å². The van der Waals surface area contributed by atoms with E-state index in [-0.39, 0.29) is 36.6 Å². The van der Waals surface area contributed by atoms with E-state index in [1.54, 1.807) is 0 Å². The molecule has 1 unspecified atom stereocenters. The van der Waals surface area contributed by atoms with Gasteiger partial charge in [-0.3, -0.25) is 4.99 Å². The van der Waals surface area contributed by atoms with Gasteiger partial charge in [0.15, 0.2) is 5.96 Å². The average molecular weight is 530 g/mol. The van der Waals surface area contributed by atoms with Crippen LogP contribution in [0.2, 0.25) is 0 Å². The third-order valence-electron chi connectivity index (χ3n) is 4.48. The number of nitrogens with zero attached hydrogens (tertiary/aromatic N) is 2. The number of aliphatic hydroxyl groups excluding tert-OH is 1. The quantitative estimate of drug-likeness (QED) is 0.187. The molecule has 7 nitrogen and oxygen atoms in total. The number of hydrogen-bond acceptors (Lipinski definition) is 5. The first-order valence-electron chi connectivity index (χ1n) is 10.3. The maximum atomic E-state index is 10.4. The number of nitrogens with one attached hydrogen (secondary N) is 2. The predicted octanol–water partition coefficient (Wildman–Crippen LogP) is 3.92. The third kappa shape index (κ3) is 8.51. The number of aryl methyl sites for hydroxylation is 2. The van der Waals surface area contributed by atoms with Crippen molar-refractivity contribution in [1.29, 1.82) is 0 Å². The number of aliphatic imine (C=N–C) groups is 1. The Morgan fingerprint density at radius 3 is 2.47 bits per heavy atom. The molecule has 3 N–H and O–H groups in total. The molecular weight excluding hydrogens is 495 g/mol. The minimum absolute atomic E-state index is 0. The van der Waals surface area contributed by atoms with E-state index in [9.17, 15) is 5.11 Å². The second-order valence-electron chi connectivity index (χ2n) is 7.30. The SMILES string of the molecule is CCNC(=NCC(O)c1ccc(OC(C)C)cc1)NCCCc1c(C)noc1C.I. The lowest BCUT2D eigenvalue weighted by Crippen LogP contribution is -2.38. The van der Waals surface area contributed by atoms with Crippen LogP contribution in [-0.2, 0) is 6.42 Å². The molecule has 2 rings (SSSR count). The van der Waals surface area contributed by atoms with Gasteiger partial charge in [0.05, 0.1) is 24.4 Å². The topological polar surface area (TPSA) is 91.9 Å². The van der Waals surface area contributed by atoms with Crippen molar-refractivity contribution in [1.82, 2.24) is 15.8 Å². The molecule has 168 valence electrons. The average Bonchev–Trinajstić information content (AvgIpc) is 3.01. The number of benzene rings is 1. The van der Waals surface area contributed by atoms with Crippen LogP contribution in [0.1, 0.15) is 55.9 Å². The number of hydrogen-bond donors (Lipinski definition) is 3. The summed E-state index contributed by atoms with van der Waals surface area (Å²) in [6, 6.07) is 7.50. The highest BCUT2D eigenvalue weighted by Gasteiger charge is 2.10. The third-order valence-corrected chi connectivity index (χ3v) is 4.48. The second-order valence-corrected chi connectivity index (χ2v) is 7.30. The van der Waals surface area contributed by atoms with Gasteiger partial charge in [0.2, 0.25) is 0 Å². The molecule has 0 saturated carbocycles. The van der Waals surface area contributed by atoms with Crippen molar-refractivity contribution in [3.8, 4) is 5.75 Å². The lowest BCUT2D eigenvalue weighted by Gasteiger charge is -2.14. The number of aliphatic hydroxyl groups is 1. The predicted molar refractivity (Wildman–Crippen MR) is 131 cm³/mol. The molecule has 1 aromatic heterocycles. The van der Waals surface area contributed by atoms with Gasteiger partial charge in [-0.15, -0.1) is 24.0 Å².